The molecule has 6 nitrogen and oxygen atoms in total. The largest absolute Gasteiger partial charge is 0.491 e. The Morgan fingerprint density at radius 2 is 1.86 bits per heavy atom. The van der Waals surface area contributed by atoms with Gasteiger partial charge in [0, 0.05) is 19.2 Å². The molecule has 1 fully saturated rings. The van der Waals surface area contributed by atoms with E-state index in [9.17, 15) is 9.59 Å². The minimum absolute atomic E-state index is 0.132. The zero-order valence-electron chi connectivity index (χ0n) is 16.0. The molecule has 0 aliphatic carbocycles. The van der Waals surface area contributed by atoms with E-state index in [-0.39, 0.29) is 18.6 Å². The highest BCUT2D eigenvalue weighted by Gasteiger charge is 2.18. The third-order valence-electron chi connectivity index (χ3n) is 4.52. The number of likely N-dealkylation sites (N-methyl/N-ethyl adjacent to an activating group) is 1. The van der Waals surface area contributed by atoms with E-state index in [0.717, 1.165) is 19.4 Å². The fourth-order valence-corrected chi connectivity index (χ4v) is 3.45. The maximum atomic E-state index is 12.6. The van der Waals surface area contributed by atoms with Crippen LogP contribution in [0.15, 0.2) is 42.5 Å². The van der Waals surface area contributed by atoms with Gasteiger partial charge in [-0.05, 0) is 49.2 Å². The molecule has 1 aliphatic heterocycles. The summed E-state index contributed by atoms with van der Waals surface area (Å²) in [7, 11) is 1.55. The van der Waals surface area contributed by atoms with Gasteiger partial charge < -0.3 is 19.7 Å². The molecule has 2 aromatic carbocycles. The summed E-state index contributed by atoms with van der Waals surface area (Å²) < 4.78 is 11.2. The predicted molar refractivity (Wildman–Crippen MR) is 113 cm³/mol. The third kappa shape index (κ3) is 5.85. The van der Waals surface area contributed by atoms with Crippen LogP contribution in [0.25, 0.3) is 0 Å². The summed E-state index contributed by atoms with van der Waals surface area (Å²) in [6.07, 6.45) is 2.19. The van der Waals surface area contributed by atoms with Crippen LogP contribution < -0.4 is 10.1 Å². The highest BCUT2D eigenvalue weighted by Crippen LogP contribution is 2.29. The summed E-state index contributed by atoms with van der Waals surface area (Å²) in [6.45, 7) is 1.14. The highest BCUT2D eigenvalue weighted by molar-refractivity contribution is 6.39. The zero-order chi connectivity index (χ0) is 20.8. The van der Waals surface area contributed by atoms with Crippen molar-refractivity contribution >= 4 is 40.7 Å². The number of hydrogen-bond donors (Lipinski definition) is 1. The fourth-order valence-electron chi connectivity index (χ4n) is 2.96. The monoisotopic (exact) mass is 436 g/mol. The van der Waals surface area contributed by atoms with Crippen LogP contribution in [0.5, 0.6) is 5.75 Å². The zero-order valence-corrected chi connectivity index (χ0v) is 17.5. The van der Waals surface area contributed by atoms with E-state index in [2.05, 4.69) is 5.32 Å². The molecule has 1 N–H and O–H groups in total. The molecule has 29 heavy (non-hydrogen) atoms. The first kappa shape index (κ1) is 21.4. The first-order chi connectivity index (χ1) is 13.9. The average molecular weight is 437 g/mol. The van der Waals surface area contributed by atoms with Gasteiger partial charge in [0.2, 0.25) is 5.91 Å². The summed E-state index contributed by atoms with van der Waals surface area (Å²) in [5.41, 5.74) is 0.787. The topological polar surface area (TPSA) is 67.9 Å². The minimum Gasteiger partial charge on any atom is -0.491 e. The van der Waals surface area contributed by atoms with Crippen molar-refractivity contribution in [2.75, 3.05) is 32.1 Å². The summed E-state index contributed by atoms with van der Waals surface area (Å²) in [4.78, 5) is 26.2. The molecule has 0 saturated carbocycles. The summed E-state index contributed by atoms with van der Waals surface area (Å²) in [6, 6.07) is 11.8. The van der Waals surface area contributed by atoms with Crippen LogP contribution in [-0.4, -0.2) is 49.6 Å². The van der Waals surface area contributed by atoms with Gasteiger partial charge >= 0.3 is 0 Å². The van der Waals surface area contributed by atoms with Crippen molar-refractivity contribution in [3.63, 3.8) is 0 Å². The van der Waals surface area contributed by atoms with Gasteiger partial charge in [0.05, 0.1) is 28.4 Å². The first-order valence-corrected chi connectivity index (χ1v) is 10.0. The van der Waals surface area contributed by atoms with Crippen LogP contribution >= 0.6 is 23.2 Å². The second kappa shape index (κ2) is 9.96. The van der Waals surface area contributed by atoms with Gasteiger partial charge in [-0.15, -0.1) is 0 Å². The third-order valence-corrected chi connectivity index (χ3v) is 5.15. The Balaban J connectivity index is 1.53. The number of amides is 2. The first-order valence-electron chi connectivity index (χ1n) is 9.28. The number of nitrogens with zero attached hydrogens (tertiary/aromatic N) is 1. The standard InChI is InChI=1S/C21H22Cl2N2O4/c1-25(12-19(26)24-20-17(22)5-2-6-18(20)23)21(27)14-7-9-15(10-8-14)29-13-16-4-3-11-28-16/h2,5-10,16H,3-4,11-13H2,1H3,(H,24,26). The van der Waals surface area contributed by atoms with Gasteiger partial charge in [0.15, 0.2) is 0 Å². The summed E-state index contributed by atoms with van der Waals surface area (Å²) >= 11 is 12.1. The quantitative estimate of drug-likeness (QED) is 0.703. The van der Waals surface area contributed by atoms with Gasteiger partial charge in [-0.3, -0.25) is 9.59 Å². The minimum atomic E-state index is -0.396. The molecular formula is C21H22Cl2N2O4. The van der Waals surface area contributed by atoms with E-state index in [0.29, 0.717) is 33.7 Å². The van der Waals surface area contributed by atoms with E-state index in [1.165, 1.54) is 4.90 Å². The molecule has 0 spiro atoms. The van der Waals surface area contributed by atoms with Crippen LogP contribution in [0.2, 0.25) is 10.0 Å². The Morgan fingerprint density at radius 1 is 1.17 bits per heavy atom. The summed E-state index contributed by atoms with van der Waals surface area (Å²) in [5.74, 6) is -0.00532. The number of benzene rings is 2. The molecule has 2 amide bonds. The molecule has 154 valence electrons. The lowest BCUT2D eigenvalue weighted by atomic mass is 10.2. The summed E-state index contributed by atoms with van der Waals surface area (Å²) in [5, 5.41) is 3.30. The molecule has 2 aromatic rings. The van der Waals surface area contributed by atoms with Crippen LogP contribution in [0.3, 0.4) is 0 Å². The highest BCUT2D eigenvalue weighted by atomic mass is 35.5. The molecule has 0 bridgehead atoms. The number of carbonyl (C=O) groups excluding carboxylic acids is 2. The van der Waals surface area contributed by atoms with Crippen molar-refractivity contribution < 1.29 is 19.1 Å². The number of para-hydroxylation sites is 1. The van der Waals surface area contributed by atoms with E-state index < -0.39 is 5.91 Å². The van der Waals surface area contributed by atoms with Crippen molar-refractivity contribution in [3.05, 3.63) is 58.1 Å². The number of rotatable bonds is 7. The lowest BCUT2D eigenvalue weighted by molar-refractivity contribution is -0.116. The van der Waals surface area contributed by atoms with Crippen molar-refractivity contribution in [2.45, 2.75) is 18.9 Å². The van der Waals surface area contributed by atoms with Crippen molar-refractivity contribution in [1.82, 2.24) is 4.90 Å². The molecule has 1 atom stereocenters. The fraction of sp³-hybridized carbons (Fsp3) is 0.333. The van der Waals surface area contributed by atoms with Gasteiger partial charge in [0.1, 0.15) is 12.4 Å². The molecule has 1 heterocycles. The number of halogens is 2. The van der Waals surface area contributed by atoms with Crippen LogP contribution in [0, 0.1) is 0 Å². The molecule has 0 radical (unpaired) electrons. The molecule has 1 saturated heterocycles. The number of ether oxygens (including phenoxy) is 2. The van der Waals surface area contributed by atoms with E-state index in [1.54, 1.807) is 49.5 Å². The van der Waals surface area contributed by atoms with Crippen LogP contribution in [0.4, 0.5) is 5.69 Å². The molecule has 8 heteroatoms. The smallest absolute Gasteiger partial charge is 0.254 e. The van der Waals surface area contributed by atoms with Gasteiger partial charge in [-0.25, -0.2) is 0 Å². The molecule has 3 rings (SSSR count). The number of anilines is 1. The Kier molecular flexibility index (Phi) is 7.36. The Hall–Kier alpha value is -2.28. The van der Waals surface area contributed by atoms with Crippen molar-refractivity contribution in [2.24, 2.45) is 0 Å². The second-order valence-corrected chi connectivity index (χ2v) is 7.59. The SMILES string of the molecule is CN(CC(=O)Nc1c(Cl)cccc1Cl)C(=O)c1ccc(OCC2CCCO2)cc1. The Bertz CT molecular complexity index is 847. The van der Waals surface area contributed by atoms with Crippen molar-refractivity contribution in [3.8, 4) is 5.75 Å². The van der Waals surface area contributed by atoms with Gasteiger partial charge in [-0.1, -0.05) is 29.3 Å². The molecule has 1 aliphatic rings. The number of carbonyl (C=O) groups is 2. The van der Waals surface area contributed by atoms with Crippen LogP contribution in [0.1, 0.15) is 23.2 Å². The van der Waals surface area contributed by atoms with Gasteiger partial charge in [-0.2, -0.15) is 0 Å². The predicted octanol–water partition coefficient (Wildman–Crippen LogP) is 4.26. The normalized spacial score (nSPS) is 15.8. The maximum absolute atomic E-state index is 12.6. The van der Waals surface area contributed by atoms with E-state index >= 15 is 0 Å². The van der Waals surface area contributed by atoms with E-state index in [1.807, 2.05) is 0 Å². The van der Waals surface area contributed by atoms with E-state index in [4.69, 9.17) is 32.7 Å². The molecule has 0 aromatic heterocycles. The Labute approximate surface area is 179 Å². The lowest BCUT2D eigenvalue weighted by Crippen LogP contribution is -2.35. The average Bonchev–Trinajstić information content (AvgIpc) is 3.23. The Morgan fingerprint density at radius 3 is 2.48 bits per heavy atom. The molecular weight excluding hydrogens is 415 g/mol. The van der Waals surface area contributed by atoms with Crippen molar-refractivity contribution in [1.29, 1.82) is 0 Å². The maximum Gasteiger partial charge on any atom is 0.254 e. The second-order valence-electron chi connectivity index (χ2n) is 6.78. The lowest BCUT2D eigenvalue weighted by Gasteiger charge is -2.18. The van der Waals surface area contributed by atoms with Crippen LogP contribution in [-0.2, 0) is 9.53 Å². The number of hydrogen-bond acceptors (Lipinski definition) is 4. The number of nitrogens with one attached hydrogen (secondary N) is 1. The van der Waals surface area contributed by atoms with Gasteiger partial charge in [0.25, 0.3) is 5.91 Å². The molecule has 1 unspecified atom stereocenters.